The number of hydrogen-bond acceptors (Lipinski definition) is 4. The van der Waals surface area contributed by atoms with Crippen LogP contribution in [0.2, 0.25) is 0 Å². The van der Waals surface area contributed by atoms with E-state index in [1.54, 1.807) is 12.1 Å². The number of carbonyl (C=O) groups excluding carboxylic acids is 1. The number of rotatable bonds is 3. The molecule has 0 aromatic heterocycles. The number of nitrogens with two attached hydrogens (primary N) is 1. The summed E-state index contributed by atoms with van der Waals surface area (Å²) in [5.74, 6) is -0.381. The predicted octanol–water partition coefficient (Wildman–Crippen LogP) is 2.17. The van der Waals surface area contributed by atoms with Gasteiger partial charge in [0, 0.05) is 6.54 Å². The van der Waals surface area contributed by atoms with Gasteiger partial charge in [-0.05, 0) is 48.1 Å². The van der Waals surface area contributed by atoms with Crippen LogP contribution >= 0.6 is 0 Å². The molecule has 1 amide bonds. The molecule has 0 radical (unpaired) electrons. The van der Waals surface area contributed by atoms with Crippen molar-refractivity contribution in [2.24, 2.45) is 5.73 Å². The second-order valence-corrected chi connectivity index (χ2v) is 7.79. The highest BCUT2D eigenvalue weighted by molar-refractivity contribution is 5.82. The lowest BCUT2D eigenvalue weighted by atomic mass is 9.86. The molecular weight excluding hydrogens is 359 g/mol. The Balaban J connectivity index is 1.64. The van der Waals surface area contributed by atoms with Crippen molar-refractivity contribution in [1.82, 2.24) is 4.90 Å². The summed E-state index contributed by atoms with van der Waals surface area (Å²) in [5, 5.41) is 9.42. The Hall–Kier alpha value is -2.28. The summed E-state index contributed by atoms with van der Waals surface area (Å²) < 4.78 is 19.2. The van der Waals surface area contributed by atoms with Crippen molar-refractivity contribution in [2.45, 2.75) is 36.9 Å². The van der Waals surface area contributed by atoms with E-state index >= 15 is 0 Å². The highest BCUT2D eigenvalue weighted by Gasteiger charge is 2.40. The zero-order valence-corrected chi connectivity index (χ0v) is 15.7. The average molecular weight is 384 g/mol. The summed E-state index contributed by atoms with van der Waals surface area (Å²) in [6, 6.07) is 14.1. The molecule has 1 fully saturated rings. The van der Waals surface area contributed by atoms with E-state index in [9.17, 15) is 14.3 Å². The largest absolute Gasteiger partial charge is 0.394 e. The summed E-state index contributed by atoms with van der Waals surface area (Å²) >= 11 is 0. The van der Waals surface area contributed by atoms with Crippen LogP contribution in [0, 0.1) is 5.82 Å². The van der Waals surface area contributed by atoms with Crippen molar-refractivity contribution < 1.29 is 19.0 Å². The van der Waals surface area contributed by atoms with Gasteiger partial charge in [-0.1, -0.05) is 36.4 Å². The molecule has 148 valence electrons. The van der Waals surface area contributed by atoms with Crippen LogP contribution in [0.25, 0.3) is 0 Å². The van der Waals surface area contributed by atoms with Gasteiger partial charge in [0.1, 0.15) is 11.9 Å². The lowest BCUT2D eigenvalue weighted by Crippen LogP contribution is -2.56. The number of aliphatic hydroxyl groups is 1. The molecule has 3 atom stereocenters. The molecule has 2 aliphatic rings. The van der Waals surface area contributed by atoms with Crippen molar-refractivity contribution in [3.63, 3.8) is 0 Å². The van der Waals surface area contributed by atoms with E-state index in [0.29, 0.717) is 19.4 Å². The Morgan fingerprint density at radius 3 is 2.68 bits per heavy atom. The molecule has 0 aliphatic carbocycles. The topological polar surface area (TPSA) is 75.8 Å². The first-order valence-electron chi connectivity index (χ1n) is 9.66. The van der Waals surface area contributed by atoms with Crippen LogP contribution in [0.1, 0.15) is 35.6 Å². The van der Waals surface area contributed by atoms with E-state index in [4.69, 9.17) is 10.5 Å². The summed E-state index contributed by atoms with van der Waals surface area (Å²) in [6.07, 6.45) is 1.20. The number of halogens is 1. The van der Waals surface area contributed by atoms with Crippen LogP contribution in [-0.4, -0.2) is 47.3 Å². The molecule has 0 spiro atoms. The van der Waals surface area contributed by atoms with E-state index in [2.05, 4.69) is 6.07 Å². The lowest BCUT2D eigenvalue weighted by Gasteiger charge is -2.42. The van der Waals surface area contributed by atoms with Gasteiger partial charge in [-0.3, -0.25) is 4.79 Å². The second-order valence-electron chi connectivity index (χ2n) is 7.79. The fourth-order valence-electron chi connectivity index (χ4n) is 4.15. The van der Waals surface area contributed by atoms with E-state index < -0.39 is 11.6 Å². The first-order valence-corrected chi connectivity index (χ1v) is 9.66. The maximum absolute atomic E-state index is 13.5. The minimum atomic E-state index is -0.776. The molecule has 28 heavy (non-hydrogen) atoms. The minimum Gasteiger partial charge on any atom is -0.394 e. The Morgan fingerprint density at radius 1 is 1.25 bits per heavy atom. The van der Waals surface area contributed by atoms with Gasteiger partial charge in [0.05, 0.1) is 24.8 Å². The zero-order chi connectivity index (χ0) is 19.7. The molecule has 5 nitrogen and oxygen atoms in total. The Kier molecular flexibility index (Phi) is 5.19. The quantitative estimate of drug-likeness (QED) is 0.851. The van der Waals surface area contributed by atoms with Crippen LogP contribution in [0.5, 0.6) is 0 Å². The lowest BCUT2D eigenvalue weighted by molar-refractivity contribution is -0.152. The van der Waals surface area contributed by atoms with Crippen LogP contribution in [0.3, 0.4) is 0 Å². The smallest absolute Gasteiger partial charge is 0.252 e. The van der Waals surface area contributed by atoms with Crippen molar-refractivity contribution >= 4 is 5.91 Å². The maximum atomic E-state index is 13.5. The molecule has 0 unspecified atom stereocenters. The Bertz CT molecular complexity index is 847. The van der Waals surface area contributed by atoms with Gasteiger partial charge >= 0.3 is 0 Å². The van der Waals surface area contributed by atoms with Gasteiger partial charge in [0.2, 0.25) is 0 Å². The third-order valence-electron chi connectivity index (χ3n) is 5.82. The Morgan fingerprint density at radius 2 is 2.00 bits per heavy atom. The molecule has 0 saturated carbocycles. The molecule has 2 aromatic rings. The highest BCUT2D eigenvalue weighted by atomic mass is 19.1. The van der Waals surface area contributed by atoms with E-state index in [1.165, 1.54) is 17.7 Å². The van der Waals surface area contributed by atoms with Crippen molar-refractivity contribution in [1.29, 1.82) is 0 Å². The third-order valence-corrected chi connectivity index (χ3v) is 5.82. The number of ether oxygens (including phenoxy) is 1. The van der Waals surface area contributed by atoms with E-state index in [-0.39, 0.29) is 31.0 Å². The number of aliphatic hydroxyl groups excluding tert-OH is 1. The first kappa shape index (κ1) is 19.1. The molecule has 2 heterocycles. The Labute approximate surface area is 163 Å². The summed E-state index contributed by atoms with van der Waals surface area (Å²) in [5.41, 5.74) is 8.42. The molecular formula is C22H25FN2O3. The van der Waals surface area contributed by atoms with Crippen LogP contribution < -0.4 is 5.73 Å². The number of carbonyl (C=O) groups is 1. The number of benzene rings is 2. The highest BCUT2D eigenvalue weighted by Crippen LogP contribution is 2.36. The predicted molar refractivity (Wildman–Crippen MR) is 103 cm³/mol. The fourth-order valence-corrected chi connectivity index (χ4v) is 4.15. The normalized spacial score (nSPS) is 27.3. The molecule has 2 aromatic carbocycles. The van der Waals surface area contributed by atoms with Gasteiger partial charge in [-0.15, -0.1) is 0 Å². The van der Waals surface area contributed by atoms with E-state index in [0.717, 1.165) is 17.5 Å². The maximum Gasteiger partial charge on any atom is 0.252 e. The monoisotopic (exact) mass is 384 g/mol. The number of hydrogen-bond donors (Lipinski definition) is 2. The standard InChI is InChI=1S/C22H25FN2O3/c23-17-7-5-16(6-8-17)20-18-4-2-1-3-15(18)10-12-25(20)21(27)19-9-11-22(24,13-26)14-28-19/h1-8,19-20,26H,9-14,24H2/t19-,20-,22-/m0/s1. The van der Waals surface area contributed by atoms with Crippen LogP contribution in [0.4, 0.5) is 4.39 Å². The van der Waals surface area contributed by atoms with Gasteiger partial charge in [-0.25, -0.2) is 4.39 Å². The third kappa shape index (κ3) is 3.55. The molecule has 2 aliphatic heterocycles. The van der Waals surface area contributed by atoms with Crippen molar-refractivity contribution in [3.8, 4) is 0 Å². The van der Waals surface area contributed by atoms with Gasteiger partial charge < -0.3 is 20.5 Å². The number of amides is 1. The number of nitrogens with zero attached hydrogens (tertiary/aromatic N) is 1. The summed E-state index contributed by atoms with van der Waals surface area (Å²) in [4.78, 5) is 15.2. The van der Waals surface area contributed by atoms with Crippen LogP contribution in [0.15, 0.2) is 48.5 Å². The zero-order valence-electron chi connectivity index (χ0n) is 15.7. The average Bonchev–Trinajstić information content (AvgIpc) is 2.74. The van der Waals surface area contributed by atoms with Gasteiger partial charge in [0.25, 0.3) is 5.91 Å². The molecule has 6 heteroatoms. The molecule has 1 saturated heterocycles. The fraction of sp³-hybridized carbons (Fsp3) is 0.409. The molecule has 3 N–H and O–H groups in total. The SMILES string of the molecule is N[C@]1(CO)CC[C@@H](C(=O)N2CCc3ccccc3[C@@H]2c2ccc(F)cc2)OC1. The van der Waals surface area contributed by atoms with E-state index in [1.807, 2.05) is 23.1 Å². The molecule has 0 bridgehead atoms. The first-order chi connectivity index (χ1) is 13.5. The van der Waals surface area contributed by atoms with Crippen LogP contribution in [-0.2, 0) is 16.0 Å². The second kappa shape index (κ2) is 7.62. The summed E-state index contributed by atoms with van der Waals surface area (Å²) in [6.45, 7) is 0.570. The van der Waals surface area contributed by atoms with Crippen molar-refractivity contribution in [2.75, 3.05) is 19.8 Å². The van der Waals surface area contributed by atoms with Crippen molar-refractivity contribution in [3.05, 3.63) is 71.0 Å². The van der Waals surface area contributed by atoms with Gasteiger partial charge in [0.15, 0.2) is 0 Å². The number of fused-ring (bicyclic) bond motifs is 1. The van der Waals surface area contributed by atoms with Gasteiger partial charge in [-0.2, -0.15) is 0 Å². The summed E-state index contributed by atoms with van der Waals surface area (Å²) in [7, 11) is 0. The molecule has 4 rings (SSSR count). The minimum absolute atomic E-state index is 0.0798.